The summed E-state index contributed by atoms with van der Waals surface area (Å²) in [4.78, 5) is 25.7. The second kappa shape index (κ2) is 9.23. The van der Waals surface area contributed by atoms with Crippen molar-refractivity contribution < 1.29 is 22.7 Å². The quantitative estimate of drug-likeness (QED) is 0.367. The third-order valence-corrected chi connectivity index (χ3v) is 5.62. The first-order valence-electron chi connectivity index (χ1n) is 10.1. The number of rotatable bonds is 5. The van der Waals surface area contributed by atoms with E-state index in [2.05, 4.69) is 10.1 Å². The number of halogens is 4. The molecule has 1 heterocycles. The molecule has 34 heavy (non-hydrogen) atoms. The van der Waals surface area contributed by atoms with E-state index in [0.717, 1.165) is 5.56 Å². The standard InChI is InChI=1S/C25H18ClF3N2O3/c1-15-5-8-17(13-21(15)26)23(32)30-22-4-2-3-20-19(22)11-12-31(24(20)33)14-16-6-9-18(10-7-16)34-25(27,28)29/h2-13H,14H2,1H3,(H,30,32). The van der Waals surface area contributed by atoms with Gasteiger partial charge in [-0.3, -0.25) is 9.59 Å². The van der Waals surface area contributed by atoms with E-state index in [-0.39, 0.29) is 23.8 Å². The minimum absolute atomic E-state index is 0.152. The Hall–Kier alpha value is -3.78. The molecule has 1 N–H and O–H groups in total. The van der Waals surface area contributed by atoms with Crippen molar-refractivity contribution in [3.05, 3.63) is 105 Å². The molecule has 0 aliphatic rings. The van der Waals surface area contributed by atoms with Gasteiger partial charge >= 0.3 is 6.36 Å². The number of ether oxygens (including phenoxy) is 1. The first-order chi connectivity index (χ1) is 16.1. The topological polar surface area (TPSA) is 60.3 Å². The Bertz CT molecular complexity index is 1430. The number of carbonyl (C=O) groups is 1. The van der Waals surface area contributed by atoms with E-state index >= 15 is 0 Å². The van der Waals surface area contributed by atoms with Crippen molar-refractivity contribution in [2.75, 3.05) is 5.32 Å². The van der Waals surface area contributed by atoms with Crippen LogP contribution < -0.4 is 15.6 Å². The summed E-state index contributed by atoms with van der Waals surface area (Å²) in [7, 11) is 0. The predicted octanol–water partition coefficient (Wildman–Crippen LogP) is 6.16. The number of alkyl halides is 3. The summed E-state index contributed by atoms with van der Waals surface area (Å²) >= 11 is 6.12. The van der Waals surface area contributed by atoms with Crippen LogP contribution in [-0.2, 0) is 6.54 Å². The largest absolute Gasteiger partial charge is 0.573 e. The number of aryl methyl sites for hydroxylation is 1. The lowest BCUT2D eigenvalue weighted by atomic mass is 10.1. The van der Waals surface area contributed by atoms with Gasteiger partial charge in [-0.1, -0.05) is 35.9 Å². The SMILES string of the molecule is Cc1ccc(C(=O)Nc2cccc3c(=O)n(Cc4ccc(OC(F)(F)F)cc4)ccc23)cc1Cl. The van der Waals surface area contributed by atoms with Crippen LogP contribution in [0.15, 0.2) is 77.7 Å². The molecule has 5 nitrogen and oxygen atoms in total. The van der Waals surface area contributed by atoms with Crippen molar-refractivity contribution in [1.82, 2.24) is 4.57 Å². The fourth-order valence-corrected chi connectivity index (χ4v) is 3.65. The van der Waals surface area contributed by atoms with Crippen LogP contribution in [0.3, 0.4) is 0 Å². The van der Waals surface area contributed by atoms with Crippen molar-refractivity contribution in [1.29, 1.82) is 0 Å². The van der Waals surface area contributed by atoms with Crippen molar-refractivity contribution in [2.45, 2.75) is 19.8 Å². The van der Waals surface area contributed by atoms with Gasteiger partial charge in [0.15, 0.2) is 0 Å². The highest BCUT2D eigenvalue weighted by Crippen LogP contribution is 2.25. The molecule has 0 radical (unpaired) electrons. The van der Waals surface area contributed by atoms with Crippen LogP contribution in [0.4, 0.5) is 18.9 Å². The first kappa shape index (κ1) is 23.4. The fraction of sp³-hybridized carbons (Fsp3) is 0.120. The maximum Gasteiger partial charge on any atom is 0.573 e. The lowest BCUT2D eigenvalue weighted by molar-refractivity contribution is -0.274. The number of amides is 1. The molecule has 0 spiro atoms. The van der Waals surface area contributed by atoms with Crippen LogP contribution in [0, 0.1) is 6.92 Å². The monoisotopic (exact) mass is 486 g/mol. The summed E-state index contributed by atoms with van der Waals surface area (Å²) in [6, 6.07) is 17.0. The third-order valence-electron chi connectivity index (χ3n) is 5.21. The van der Waals surface area contributed by atoms with E-state index in [0.29, 0.717) is 32.6 Å². The molecular weight excluding hydrogens is 469 g/mol. The fourth-order valence-electron chi connectivity index (χ4n) is 3.47. The number of hydrogen-bond donors (Lipinski definition) is 1. The zero-order valence-electron chi connectivity index (χ0n) is 17.8. The third kappa shape index (κ3) is 5.23. The van der Waals surface area contributed by atoms with Crippen LogP contribution in [-0.4, -0.2) is 16.8 Å². The molecular formula is C25H18ClF3N2O3. The Morgan fingerprint density at radius 1 is 1.03 bits per heavy atom. The molecule has 4 rings (SSSR count). The maximum atomic E-state index is 13.0. The lowest BCUT2D eigenvalue weighted by Crippen LogP contribution is -2.21. The number of benzene rings is 3. The highest BCUT2D eigenvalue weighted by molar-refractivity contribution is 6.31. The highest BCUT2D eigenvalue weighted by Gasteiger charge is 2.30. The summed E-state index contributed by atoms with van der Waals surface area (Å²) in [5, 5.41) is 4.24. The van der Waals surface area contributed by atoms with Crippen molar-refractivity contribution in [3.8, 4) is 5.75 Å². The maximum absolute atomic E-state index is 13.0. The number of pyridine rings is 1. The molecule has 3 aromatic carbocycles. The number of nitrogens with zero attached hydrogens (tertiary/aromatic N) is 1. The molecule has 0 saturated heterocycles. The second-order valence-corrected chi connectivity index (χ2v) is 8.03. The summed E-state index contributed by atoms with van der Waals surface area (Å²) in [6.45, 7) is 1.99. The lowest BCUT2D eigenvalue weighted by Gasteiger charge is -2.12. The van der Waals surface area contributed by atoms with E-state index < -0.39 is 6.36 Å². The summed E-state index contributed by atoms with van der Waals surface area (Å²) in [5.74, 6) is -0.697. The number of carbonyl (C=O) groups excluding carboxylic acids is 1. The molecule has 174 valence electrons. The number of anilines is 1. The van der Waals surface area contributed by atoms with Crippen LogP contribution in [0.5, 0.6) is 5.75 Å². The van der Waals surface area contributed by atoms with E-state index in [9.17, 15) is 22.8 Å². The zero-order valence-corrected chi connectivity index (χ0v) is 18.6. The number of nitrogens with one attached hydrogen (secondary N) is 1. The Kier molecular flexibility index (Phi) is 6.34. The van der Waals surface area contributed by atoms with Gasteiger partial charge in [0.05, 0.1) is 6.54 Å². The van der Waals surface area contributed by atoms with Gasteiger partial charge in [0.2, 0.25) is 0 Å². The minimum Gasteiger partial charge on any atom is -0.406 e. The molecule has 0 unspecified atom stereocenters. The van der Waals surface area contributed by atoms with E-state index in [1.54, 1.807) is 48.7 Å². The van der Waals surface area contributed by atoms with Gasteiger partial charge in [-0.05, 0) is 60.5 Å². The minimum atomic E-state index is -4.77. The Balaban J connectivity index is 1.58. The average molecular weight is 487 g/mol. The average Bonchev–Trinajstić information content (AvgIpc) is 2.78. The van der Waals surface area contributed by atoms with E-state index in [1.807, 2.05) is 6.92 Å². The molecule has 9 heteroatoms. The van der Waals surface area contributed by atoms with Crippen LogP contribution >= 0.6 is 11.6 Å². The van der Waals surface area contributed by atoms with Gasteiger partial charge in [0.25, 0.3) is 11.5 Å². The molecule has 0 fully saturated rings. The summed E-state index contributed by atoms with van der Waals surface area (Å²) < 4.78 is 42.3. The normalized spacial score (nSPS) is 11.4. The van der Waals surface area contributed by atoms with Gasteiger partial charge in [-0.25, -0.2) is 0 Å². The molecule has 0 aliphatic carbocycles. The number of aromatic nitrogens is 1. The number of fused-ring (bicyclic) bond motifs is 1. The van der Waals surface area contributed by atoms with Crippen molar-refractivity contribution in [3.63, 3.8) is 0 Å². The Morgan fingerprint density at radius 3 is 2.44 bits per heavy atom. The smallest absolute Gasteiger partial charge is 0.406 e. The van der Waals surface area contributed by atoms with E-state index in [1.165, 1.54) is 28.8 Å². The van der Waals surface area contributed by atoms with Gasteiger partial charge in [-0.15, -0.1) is 13.2 Å². The van der Waals surface area contributed by atoms with Gasteiger partial charge < -0.3 is 14.6 Å². The Morgan fingerprint density at radius 2 is 1.76 bits per heavy atom. The van der Waals surface area contributed by atoms with Crippen LogP contribution in [0.1, 0.15) is 21.5 Å². The highest BCUT2D eigenvalue weighted by atomic mass is 35.5. The van der Waals surface area contributed by atoms with Gasteiger partial charge in [0.1, 0.15) is 5.75 Å². The molecule has 0 saturated carbocycles. The summed E-state index contributed by atoms with van der Waals surface area (Å²) in [5.41, 5.74) is 2.03. The molecule has 0 bridgehead atoms. The van der Waals surface area contributed by atoms with Crippen LogP contribution in [0.2, 0.25) is 5.02 Å². The summed E-state index contributed by atoms with van der Waals surface area (Å²) in [6.07, 6.45) is -3.20. The van der Waals surface area contributed by atoms with Crippen LogP contribution in [0.25, 0.3) is 10.8 Å². The molecule has 0 aliphatic heterocycles. The van der Waals surface area contributed by atoms with Crippen molar-refractivity contribution in [2.24, 2.45) is 0 Å². The number of hydrogen-bond acceptors (Lipinski definition) is 3. The van der Waals surface area contributed by atoms with Gasteiger partial charge in [-0.2, -0.15) is 0 Å². The molecule has 1 amide bonds. The Labute approximate surface area is 197 Å². The first-order valence-corrected chi connectivity index (χ1v) is 10.5. The zero-order chi connectivity index (χ0) is 24.5. The molecule has 1 aromatic heterocycles. The van der Waals surface area contributed by atoms with E-state index in [4.69, 9.17) is 11.6 Å². The second-order valence-electron chi connectivity index (χ2n) is 7.63. The molecule has 4 aromatic rings. The molecule has 0 atom stereocenters. The van der Waals surface area contributed by atoms with Gasteiger partial charge in [0, 0.05) is 33.2 Å². The predicted molar refractivity (Wildman–Crippen MR) is 125 cm³/mol. The van der Waals surface area contributed by atoms with Crippen molar-refractivity contribution >= 4 is 34.0 Å².